The van der Waals surface area contributed by atoms with Gasteiger partial charge in [-0.3, -0.25) is 4.57 Å². The van der Waals surface area contributed by atoms with Crippen LogP contribution < -0.4 is 5.69 Å². The first-order valence-corrected chi connectivity index (χ1v) is 6.77. The van der Waals surface area contributed by atoms with Crippen LogP contribution in [0.5, 0.6) is 0 Å². The standard InChI is InChI=1S/C15H16N4O/c1-2-6-13-17-14-9-10-16-19(14)15(20)18(13)11-12-7-4-3-5-8-12/h3-5,7-10H,2,6,11H2,1H3. The SMILES string of the molecule is CCCc1nc2ccnn2c(=O)n1Cc1ccccc1. The van der Waals surface area contributed by atoms with Crippen molar-refractivity contribution < 1.29 is 0 Å². The van der Waals surface area contributed by atoms with E-state index >= 15 is 0 Å². The van der Waals surface area contributed by atoms with Crippen molar-refractivity contribution in [2.24, 2.45) is 0 Å². The molecule has 2 heterocycles. The fourth-order valence-corrected chi connectivity index (χ4v) is 2.29. The van der Waals surface area contributed by atoms with Gasteiger partial charge >= 0.3 is 5.69 Å². The summed E-state index contributed by atoms with van der Waals surface area (Å²) < 4.78 is 3.06. The smallest absolute Gasteiger partial charge is 0.275 e. The Hall–Kier alpha value is -2.43. The molecule has 0 aliphatic heterocycles. The van der Waals surface area contributed by atoms with E-state index in [0.717, 1.165) is 24.2 Å². The summed E-state index contributed by atoms with van der Waals surface area (Å²) in [5.41, 5.74) is 1.57. The van der Waals surface area contributed by atoms with Crippen molar-refractivity contribution in [1.82, 2.24) is 19.2 Å². The van der Waals surface area contributed by atoms with Gasteiger partial charge < -0.3 is 0 Å². The largest absolute Gasteiger partial charge is 0.352 e. The zero-order valence-corrected chi connectivity index (χ0v) is 11.4. The van der Waals surface area contributed by atoms with Crippen molar-refractivity contribution in [2.75, 3.05) is 0 Å². The lowest BCUT2D eigenvalue weighted by atomic mass is 10.2. The van der Waals surface area contributed by atoms with Gasteiger partial charge in [0.25, 0.3) is 0 Å². The van der Waals surface area contributed by atoms with Crippen molar-refractivity contribution in [2.45, 2.75) is 26.3 Å². The molecule has 0 bridgehead atoms. The van der Waals surface area contributed by atoms with Gasteiger partial charge in [-0.25, -0.2) is 9.78 Å². The molecule has 3 aromatic rings. The van der Waals surface area contributed by atoms with E-state index < -0.39 is 0 Å². The van der Waals surface area contributed by atoms with Crippen molar-refractivity contribution in [3.05, 3.63) is 64.5 Å². The van der Waals surface area contributed by atoms with Crippen molar-refractivity contribution in [3.63, 3.8) is 0 Å². The molecule has 1 aromatic carbocycles. The average molecular weight is 268 g/mol. The first-order chi connectivity index (χ1) is 9.79. The molecule has 5 heteroatoms. The van der Waals surface area contributed by atoms with E-state index in [2.05, 4.69) is 17.0 Å². The molecule has 0 radical (unpaired) electrons. The Labute approximate surface area is 116 Å². The lowest BCUT2D eigenvalue weighted by Gasteiger charge is -2.11. The quantitative estimate of drug-likeness (QED) is 0.726. The second kappa shape index (κ2) is 5.28. The molecule has 2 aromatic heterocycles. The van der Waals surface area contributed by atoms with Gasteiger partial charge in [-0.05, 0) is 12.0 Å². The van der Waals surface area contributed by atoms with Crippen LogP contribution in [0.1, 0.15) is 24.7 Å². The van der Waals surface area contributed by atoms with Gasteiger partial charge in [-0.2, -0.15) is 9.61 Å². The van der Waals surface area contributed by atoms with Crippen LogP contribution >= 0.6 is 0 Å². The number of hydrogen-bond acceptors (Lipinski definition) is 3. The minimum Gasteiger partial charge on any atom is -0.275 e. The highest BCUT2D eigenvalue weighted by molar-refractivity contribution is 5.35. The number of aryl methyl sites for hydroxylation is 1. The lowest BCUT2D eigenvalue weighted by Crippen LogP contribution is -2.31. The van der Waals surface area contributed by atoms with Crippen molar-refractivity contribution >= 4 is 5.65 Å². The third-order valence-electron chi connectivity index (χ3n) is 3.25. The molecule has 3 rings (SSSR count). The molecule has 20 heavy (non-hydrogen) atoms. The van der Waals surface area contributed by atoms with Crippen LogP contribution in [0.15, 0.2) is 47.4 Å². The summed E-state index contributed by atoms with van der Waals surface area (Å²) in [4.78, 5) is 17.1. The number of fused-ring (bicyclic) bond motifs is 1. The Morgan fingerprint density at radius 1 is 1.15 bits per heavy atom. The van der Waals surface area contributed by atoms with Crippen LogP contribution in [-0.4, -0.2) is 19.2 Å². The van der Waals surface area contributed by atoms with Gasteiger partial charge in [0.15, 0.2) is 5.65 Å². The lowest BCUT2D eigenvalue weighted by molar-refractivity contribution is 0.609. The summed E-state index contributed by atoms with van der Waals surface area (Å²) in [5.74, 6) is 0.814. The zero-order chi connectivity index (χ0) is 13.9. The van der Waals surface area contributed by atoms with E-state index in [-0.39, 0.29) is 5.69 Å². The van der Waals surface area contributed by atoms with E-state index in [1.807, 2.05) is 30.3 Å². The molecule has 0 N–H and O–H groups in total. The first kappa shape index (κ1) is 12.6. The van der Waals surface area contributed by atoms with E-state index in [9.17, 15) is 4.79 Å². The average Bonchev–Trinajstić information content (AvgIpc) is 2.93. The molecule has 0 aliphatic carbocycles. The topological polar surface area (TPSA) is 52.2 Å². The van der Waals surface area contributed by atoms with E-state index in [1.54, 1.807) is 16.8 Å². The van der Waals surface area contributed by atoms with E-state index in [0.29, 0.717) is 12.2 Å². The Kier molecular flexibility index (Phi) is 3.33. The number of rotatable bonds is 4. The molecule has 0 unspecified atom stereocenters. The highest BCUT2D eigenvalue weighted by Crippen LogP contribution is 2.06. The number of aromatic nitrogens is 4. The van der Waals surface area contributed by atoms with E-state index in [1.165, 1.54) is 4.52 Å². The van der Waals surface area contributed by atoms with Crippen LogP contribution in [0, 0.1) is 0 Å². The maximum Gasteiger partial charge on any atom is 0.352 e. The zero-order valence-electron chi connectivity index (χ0n) is 11.4. The Morgan fingerprint density at radius 2 is 1.95 bits per heavy atom. The normalized spacial score (nSPS) is 11.1. The summed E-state index contributed by atoms with van der Waals surface area (Å²) >= 11 is 0. The predicted molar refractivity (Wildman–Crippen MR) is 76.8 cm³/mol. The van der Waals surface area contributed by atoms with Crippen LogP contribution in [0.3, 0.4) is 0 Å². The fraction of sp³-hybridized carbons (Fsp3) is 0.267. The van der Waals surface area contributed by atoms with Crippen LogP contribution in [0.25, 0.3) is 5.65 Å². The summed E-state index contributed by atoms with van der Waals surface area (Å²) in [7, 11) is 0. The molecule has 0 fully saturated rings. The van der Waals surface area contributed by atoms with E-state index in [4.69, 9.17) is 0 Å². The predicted octanol–water partition coefficient (Wildman–Crippen LogP) is 1.89. The monoisotopic (exact) mass is 268 g/mol. The summed E-state index contributed by atoms with van der Waals surface area (Å²) in [6.07, 6.45) is 3.33. The van der Waals surface area contributed by atoms with Crippen molar-refractivity contribution in [1.29, 1.82) is 0 Å². The first-order valence-electron chi connectivity index (χ1n) is 6.77. The minimum absolute atomic E-state index is 0.132. The Balaban J connectivity index is 2.14. The maximum absolute atomic E-state index is 12.5. The highest BCUT2D eigenvalue weighted by atomic mass is 16.2. The molecule has 0 saturated heterocycles. The van der Waals surface area contributed by atoms with Crippen LogP contribution in [-0.2, 0) is 13.0 Å². The third-order valence-corrected chi connectivity index (χ3v) is 3.25. The second-order valence-electron chi connectivity index (χ2n) is 4.73. The molecule has 0 atom stereocenters. The van der Waals surface area contributed by atoms with Crippen LogP contribution in [0.2, 0.25) is 0 Å². The number of hydrogen-bond donors (Lipinski definition) is 0. The molecule has 5 nitrogen and oxygen atoms in total. The molecule has 0 spiro atoms. The number of nitrogens with zero attached hydrogens (tertiary/aromatic N) is 4. The molecule has 0 saturated carbocycles. The summed E-state index contributed by atoms with van der Waals surface area (Å²) in [6, 6.07) is 11.7. The van der Waals surface area contributed by atoms with Crippen molar-refractivity contribution in [3.8, 4) is 0 Å². The van der Waals surface area contributed by atoms with Gasteiger partial charge in [-0.1, -0.05) is 37.3 Å². The Morgan fingerprint density at radius 3 is 2.70 bits per heavy atom. The van der Waals surface area contributed by atoms with Gasteiger partial charge in [0, 0.05) is 12.5 Å². The Bertz CT molecular complexity index is 773. The summed E-state index contributed by atoms with van der Waals surface area (Å²) in [6.45, 7) is 2.61. The van der Waals surface area contributed by atoms with Crippen LogP contribution in [0.4, 0.5) is 0 Å². The second-order valence-corrected chi connectivity index (χ2v) is 4.73. The fourth-order valence-electron chi connectivity index (χ4n) is 2.29. The molecule has 102 valence electrons. The summed E-state index contributed by atoms with van der Waals surface area (Å²) in [5, 5.41) is 4.04. The molecule has 0 amide bonds. The van der Waals surface area contributed by atoms with Gasteiger partial charge in [0.2, 0.25) is 0 Å². The molecule has 0 aliphatic rings. The third kappa shape index (κ3) is 2.22. The van der Waals surface area contributed by atoms with Gasteiger partial charge in [0.05, 0.1) is 12.7 Å². The molecular formula is C15H16N4O. The van der Waals surface area contributed by atoms with Gasteiger partial charge in [-0.15, -0.1) is 0 Å². The maximum atomic E-state index is 12.5. The highest BCUT2D eigenvalue weighted by Gasteiger charge is 2.11. The minimum atomic E-state index is -0.132. The van der Waals surface area contributed by atoms with Gasteiger partial charge in [0.1, 0.15) is 5.82 Å². The number of benzene rings is 1. The molecular weight excluding hydrogens is 252 g/mol.